The van der Waals surface area contributed by atoms with Crippen molar-refractivity contribution < 1.29 is 4.74 Å². The maximum Gasteiger partial charge on any atom is 0.129 e. The second-order valence-corrected chi connectivity index (χ2v) is 4.33. The first-order valence-electron chi connectivity index (χ1n) is 6.25. The SMILES string of the molecule is CCCNc1cc(OC2CCCC2)ccn1. The van der Waals surface area contributed by atoms with Crippen molar-refractivity contribution in [1.29, 1.82) is 0 Å². The second-order valence-electron chi connectivity index (χ2n) is 4.33. The van der Waals surface area contributed by atoms with E-state index in [4.69, 9.17) is 4.74 Å². The minimum Gasteiger partial charge on any atom is -0.490 e. The van der Waals surface area contributed by atoms with Crippen molar-refractivity contribution in [2.75, 3.05) is 11.9 Å². The molecule has 1 aromatic rings. The summed E-state index contributed by atoms with van der Waals surface area (Å²) < 4.78 is 5.92. The zero-order valence-electron chi connectivity index (χ0n) is 9.91. The fourth-order valence-corrected chi connectivity index (χ4v) is 2.03. The van der Waals surface area contributed by atoms with Crippen LogP contribution in [0.5, 0.6) is 5.75 Å². The summed E-state index contributed by atoms with van der Waals surface area (Å²) in [6.07, 6.45) is 8.33. The Labute approximate surface area is 97.2 Å². The van der Waals surface area contributed by atoms with E-state index in [0.717, 1.165) is 24.5 Å². The van der Waals surface area contributed by atoms with Crippen molar-refractivity contribution in [1.82, 2.24) is 4.98 Å². The molecule has 1 aliphatic carbocycles. The summed E-state index contributed by atoms with van der Waals surface area (Å²) in [6.45, 7) is 3.10. The Balaban J connectivity index is 1.92. The Morgan fingerprint density at radius 2 is 2.25 bits per heavy atom. The van der Waals surface area contributed by atoms with Gasteiger partial charge in [-0.25, -0.2) is 4.98 Å². The van der Waals surface area contributed by atoms with Crippen molar-refractivity contribution in [2.24, 2.45) is 0 Å². The van der Waals surface area contributed by atoms with E-state index < -0.39 is 0 Å². The summed E-state index contributed by atoms with van der Waals surface area (Å²) in [7, 11) is 0. The highest BCUT2D eigenvalue weighted by molar-refractivity contribution is 5.40. The maximum absolute atomic E-state index is 5.92. The van der Waals surface area contributed by atoms with Crippen molar-refractivity contribution in [3.8, 4) is 5.75 Å². The normalized spacial score (nSPS) is 16.3. The van der Waals surface area contributed by atoms with Crippen LogP contribution in [0.1, 0.15) is 39.0 Å². The maximum atomic E-state index is 5.92. The highest BCUT2D eigenvalue weighted by Gasteiger charge is 2.16. The van der Waals surface area contributed by atoms with Crippen LogP contribution in [-0.2, 0) is 0 Å². The molecule has 88 valence electrons. The molecule has 0 bridgehead atoms. The third-order valence-corrected chi connectivity index (χ3v) is 2.89. The third-order valence-electron chi connectivity index (χ3n) is 2.89. The average Bonchev–Trinajstić information content (AvgIpc) is 2.80. The third kappa shape index (κ3) is 3.12. The number of hydrogen-bond donors (Lipinski definition) is 1. The molecule has 1 aromatic heterocycles. The Kier molecular flexibility index (Phi) is 4.03. The zero-order chi connectivity index (χ0) is 11.2. The predicted molar refractivity (Wildman–Crippen MR) is 65.9 cm³/mol. The van der Waals surface area contributed by atoms with Gasteiger partial charge in [-0.3, -0.25) is 0 Å². The number of nitrogens with one attached hydrogen (secondary N) is 1. The Bertz CT molecular complexity index is 321. The fraction of sp³-hybridized carbons (Fsp3) is 0.615. The molecule has 0 radical (unpaired) electrons. The minimum absolute atomic E-state index is 0.418. The molecule has 1 heterocycles. The molecule has 0 amide bonds. The van der Waals surface area contributed by atoms with E-state index in [2.05, 4.69) is 17.2 Å². The molecule has 3 heteroatoms. The van der Waals surface area contributed by atoms with Crippen LogP contribution in [0.15, 0.2) is 18.3 Å². The lowest BCUT2D eigenvalue weighted by molar-refractivity contribution is 0.210. The number of nitrogens with zero attached hydrogens (tertiary/aromatic N) is 1. The van der Waals surface area contributed by atoms with Crippen LogP contribution in [0, 0.1) is 0 Å². The Morgan fingerprint density at radius 1 is 1.44 bits per heavy atom. The molecule has 2 rings (SSSR count). The summed E-state index contributed by atoms with van der Waals surface area (Å²) in [6, 6.07) is 3.93. The molecule has 0 spiro atoms. The van der Waals surface area contributed by atoms with Crippen LogP contribution in [0.2, 0.25) is 0 Å². The van der Waals surface area contributed by atoms with Crippen LogP contribution in [0.4, 0.5) is 5.82 Å². The summed E-state index contributed by atoms with van der Waals surface area (Å²) in [4.78, 5) is 4.26. The standard InChI is InChI=1S/C13H20N2O/c1-2-8-14-13-10-12(7-9-15-13)16-11-5-3-4-6-11/h7,9-11H,2-6,8H2,1H3,(H,14,15). The topological polar surface area (TPSA) is 34.1 Å². The van der Waals surface area contributed by atoms with Gasteiger partial charge in [-0.2, -0.15) is 0 Å². The van der Waals surface area contributed by atoms with Gasteiger partial charge in [0, 0.05) is 18.8 Å². The van der Waals surface area contributed by atoms with E-state index in [-0.39, 0.29) is 0 Å². The smallest absolute Gasteiger partial charge is 0.129 e. The summed E-state index contributed by atoms with van der Waals surface area (Å²) in [5.41, 5.74) is 0. The fourth-order valence-electron chi connectivity index (χ4n) is 2.03. The van der Waals surface area contributed by atoms with Gasteiger partial charge in [0.2, 0.25) is 0 Å². The van der Waals surface area contributed by atoms with Gasteiger partial charge in [-0.1, -0.05) is 6.92 Å². The van der Waals surface area contributed by atoms with Crippen LogP contribution in [0.3, 0.4) is 0 Å². The number of hydrogen-bond acceptors (Lipinski definition) is 3. The van der Waals surface area contributed by atoms with Gasteiger partial charge in [0.25, 0.3) is 0 Å². The van der Waals surface area contributed by atoms with E-state index >= 15 is 0 Å². The lowest BCUT2D eigenvalue weighted by atomic mass is 10.3. The molecule has 1 aliphatic rings. The molecular formula is C13H20N2O. The van der Waals surface area contributed by atoms with Gasteiger partial charge in [0.15, 0.2) is 0 Å². The van der Waals surface area contributed by atoms with Gasteiger partial charge in [-0.15, -0.1) is 0 Å². The number of rotatable bonds is 5. The van der Waals surface area contributed by atoms with Gasteiger partial charge in [-0.05, 0) is 38.2 Å². The van der Waals surface area contributed by atoms with Gasteiger partial charge in [0.05, 0.1) is 6.10 Å². The van der Waals surface area contributed by atoms with Crippen molar-refractivity contribution in [3.63, 3.8) is 0 Å². The monoisotopic (exact) mass is 220 g/mol. The lowest BCUT2D eigenvalue weighted by Gasteiger charge is -2.13. The highest BCUT2D eigenvalue weighted by atomic mass is 16.5. The molecular weight excluding hydrogens is 200 g/mol. The van der Waals surface area contributed by atoms with E-state index in [9.17, 15) is 0 Å². The molecule has 1 fully saturated rings. The molecule has 0 aromatic carbocycles. The molecule has 1 N–H and O–H groups in total. The first-order chi connectivity index (χ1) is 7.88. The van der Waals surface area contributed by atoms with Crippen LogP contribution in [-0.4, -0.2) is 17.6 Å². The minimum atomic E-state index is 0.418. The molecule has 0 atom stereocenters. The van der Waals surface area contributed by atoms with Crippen molar-refractivity contribution in [3.05, 3.63) is 18.3 Å². The van der Waals surface area contributed by atoms with E-state index in [0.29, 0.717) is 6.10 Å². The largest absolute Gasteiger partial charge is 0.490 e. The molecule has 0 unspecified atom stereocenters. The highest BCUT2D eigenvalue weighted by Crippen LogP contribution is 2.24. The zero-order valence-corrected chi connectivity index (χ0v) is 9.91. The first kappa shape index (κ1) is 11.2. The van der Waals surface area contributed by atoms with E-state index in [1.807, 2.05) is 18.3 Å². The first-order valence-corrected chi connectivity index (χ1v) is 6.25. The molecule has 0 aliphatic heterocycles. The van der Waals surface area contributed by atoms with Gasteiger partial charge in [0.1, 0.15) is 11.6 Å². The predicted octanol–water partition coefficient (Wildman–Crippen LogP) is 3.22. The second kappa shape index (κ2) is 5.73. The van der Waals surface area contributed by atoms with Crippen LogP contribution < -0.4 is 10.1 Å². The van der Waals surface area contributed by atoms with Crippen molar-refractivity contribution in [2.45, 2.75) is 45.1 Å². The Hall–Kier alpha value is -1.25. The number of pyridine rings is 1. The molecule has 3 nitrogen and oxygen atoms in total. The number of aromatic nitrogens is 1. The van der Waals surface area contributed by atoms with E-state index in [1.54, 1.807) is 0 Å². The Morgan fingerprint density at radius 3 is 3.00 bits per heavy atom. The van der Waals surface area contributed by atoms with E-state index in [1.165, 1.54) is 25.7 Å². The number of anilines is 1. The number of ether oxygens (including phenoxy) is 1. The molecule has 1 saturated carbocycles. The van der Waals surface area contributed by atoms with Crippen LogP contribution in [0.25, 0.3) is 0 Å². The summed E-state index contributed by atoms with van der Waals surface area (Å²) in [5, 5.41) is 3.27. The summed E-state index contributed by atoms with van der Waals surface area (Å²) in [5.74, 6) is 1.86. The van der Waals surface area contributed by atoms with Gasteiger partial charge < -0.3 is 10.1 Å². The molecule has 16 heavy (non-hydrogen) atoms. The van der Waals surface area contributed by atoms with Gasteiger partial charge >= 0.3 is 0 Å². The van der Waals surface area contributed by atoms with Crippen LogP contribution >= 0.6 is 0 Å². The lowest BCUT2D eigenvalue weighted by Crippen LogP contribution is -2.11. The molecule has 0 saturated heterocycles. The van der Waals surface area contributed by atoms with Crippen molar-refractivity contribution >= 4 is 5.82 Å². The quantitative estimate of drug-likeness (QED) is 0.827. The average molecular weight is 220 g/mol. The summed E-state index contributed by atoms with van der Waals surface area (Å²) >= 11 is 0.